The van der Waals surface area contributed by atoms with Crippen LogP contribution in [0.1, 0.15) is 48.8 Å². The van der Waals surface area contributed by atoms with Crippen LogP contribution in [-0.4, -0.2) is 22.1 Å². The van der Waals surface area contributed by atoms with Crippen molar-refractivity contribution >= 4 is 17.8 Å². The highest BCUT2D eigenvalue weighted by atomic mass is 16.6. The zero-order valence-electron chi connectivity index (χ0n) is 12.6. The molecule has 0 aliphatic rings. The molecular weight excluding hydrogens is 260 g/mol. The molecule has 0 saturated heterocycles. The summed E-state index contributed by atoms with van der Waals surface area (Å²) >= 11 is 0. The van der Waals surface area contributed by atoms with Gasteiger partial charge in [0.15, 0.2) is 0 Å². The second kappa shape index (κ2) is 5.56. The van der Waals surface area contributed by atoms with E-state index in [1.807, 2.05) is 0 Å². The fourth-order valence-corrected chi connectivity index (χ4v) is 1.97. The molecule has 0 fully saturated rings. The largest absolute Gasteiger partial charge is 0.550 e. The number of anilines is 1. The first kappa shape index (κ1) is 16.1. The summed E-state index contributed by atoms with van der Waals surface area (Å²) in [5.41, 5.74) is 7.11. The van der Waals surface area contributed by atoms with Crippen LogP contribution in [0.4, 0.5) is 5.82 Å². The van der Waals surface area contributed by atoms with Crippen LogP contribution < -0.4 is 10.8 Å². The third kappa shape index (κ3) is 3.53. The molecule has 2 N–H and O–H groups in total. The molecule has 0 aromatic carbocycles. The predicted octanol–water partition coefficient (Wildman–Crippen LogP) is 0.782. The molecule has 0 saturated carbocycles. The quantitative estimate of drug-likeness (QED) is 0.822. The first-order chi connectivity index (χ1) is 9.04. The Hall–Kier alpha value is -1.98. The number of aromatic nitrogens is 1. The summed E-state index contributed by atoms with van der Waals surface area (Å²) in [6.45, 7) is 9.04. The van der Waals surface area contributed by atoms with Crippen LogP contribution in [-0.2, 0) is 16.1 Å². The van der Waals surface area contributed by atoms with Crippen molar-refractivity contribution in [3.05, 3.63) is 16.8 Å². The number of esters is 1. The number of hydrogen-bond acceptors (Lipinski definition) is 5. The van der Waals surface area contributed by atoms with Gasteiger partial charge in [-0.2, -0.15) is 0 Å². The molecule has 0 spiro atoms. The third-order valence-corrected chi connectivity index (χ3v) is 3.01. The number of nitrogens with two attached hydrogens (primary N) is 1. The third-order valence-electron chi connectivity index (χ3n) is 3.01. The lowest BCUT2D eigenvalue weighted by atomic mass is 10.1. The molecule has 1 aromatic rings. The van der Waals surface area contributed by atoms with Crippen LogP contribution in [0.2, 0.25) is 0 Å². The number of carboxylic acid groups (broad SMARTS) is 1. The SMILES string of the molecule is Cc1c(C(=O)OC(C)(C)C)c(N)n(CCC(=O)[O-])c1C. The molecule has 1 aromatic heterocycles. The van der Waals surface area contributed by atoms with Gasteiger partial charge in [-0.1, -0.05) is 0 Å². The maximum Gasteiger partial charge on any atom is 0.342 e. The number of nitrogens with zero attached hydrogens (tertiary/aromatic N) is 1. The van der Waals surface area contributed by atoms with E-state index in [0.29, 0.717) is 11.1 Å². The monoisotopic (exact) mass is 281 g/mol. The summed E-state index contributed by atoms with van der Waals surface area (Å²) in [5, 5.41) is 10.6. The minimum atomic E-state index is -1.16. The van der Waals surface area contributed by atoms with E-state index in [-0.39, 0.29) is 18.8 Å². The summed E-state index contributed by atoms with van der Waals surface area (Å²) in [6.07, 6.45) is -0.160. The second-order valence-corrected chi connectivity index (χ2v) is 5.75. The van der Waals surface area contributed by atoms with Gasteiger partial charge in [-0.3, -0.25) is 0 Å². The minimum Gasteiger partial charge on any atom is -0.550 e. The lowest BCUT2D eigenvalue weighted by Gasteiger charge is -2.19. The zero-order chi connectivity index (χ0) is 15.7. The Balaban J connectivity index is 3.13. The first-order valence-electron chi connectivity index (χ1n) is 6.43. The van der Waals surface area contributed by atoms with E-state index in [1.54, 1.807) is 39.2 Å². The van der Waals surface area contributed by atoms with Gasteiger partial charge in [-0.25, -0.2) is 4.79 Å². The molecule has 1 heterocycles. The van der Waals surface area contributed by atoms with Crippen LogP contribution in [0.15, 0.2) is 0 Å². The van der Waals surface area contributed by atoms with Gasteiger partial charge < -0.3 is 24.9 Å². The number of hydrogen-bond donors (Lipinski definition) is 1. The molecule has 6 heteroatoms. The fourth-order valence-electron chi connectivity index (χ4n) is 1.97. The van der Waals surface area contributed by atoms with E-state index >= 15 is 0 Å². The van der Waals surface area contributed by atoms with Crippen molar-refractivity contribution < 1.29 is 19.4 Å². The fraction of sp³-hybridized carbons (Fsp3) is 0.571. The number of nitrogen functional groups attached to an aromatic ring is 1. The number of carbonyl (C=O) groups excluding carboxylic acids is 2. The Bertz CT molecular complexity index is 538. The average molecular weight is 281 g/mol. The minimum absolute atomic E-state index is 0.160. The summed E-state index contributed by atoms with van der Waals surface area (Å²) in [5.74, 6) is -1.42. The summed E-state index contributed by atoms with van der Waals surface area (Å²) < 4.78 is 6.92. The van der Waals surface area contributed by atoms with E-state index in [4.69, 9.17) is 10.5 Å². The molecule has 0 amide bonds. The van der Waals surface area contributed by atoms with Crippen LogP contribution in [0.25, 0.3) is 0 Å². The van der Waals surface area contributed by atoms with Gasteiger partial charge in [0.05, 0.1) is 0 Å². The Morgan fingerprint density at radius 3 is 2.30 bits per heavy atom. The Labute approximate surface area is 118 Å². The van der Waals surface area contributed by atoms with Crippen molar-refractivity contribution in [2.75, 3.05) is 5.73 Å². The highest BCUT2D eigenvalue weighted by Gasteiger charge is 2.26. The van der Waals surface area contributed by atoms with Crippen LogP contribution in [0, 0.1) is 13.8 Å². The second-order valence-electron chi connectivity index (χ2n) is 5.75. The van der Waals surface area contributed by atoms with Crippen molar-refractivity contribution in [2.45, 2.75) is 53.2 Å². The molecule has 0 bridgehead atoms. The predicted molar refractivity (Wildman–Crippen MR) is 73.1 cm³/mol. The van der Waals surface area contributed by atoms with Crippen molar-refractivity contribution in [1.29, 1.82) is 0 Å². The van der Waals surface area contributed by atoms with Crippen LogP contribution in [0.5, 0.6) is 0 Å². The molecule has 0 aliphatic heterocycles. The molecule has 0 aliphatic carbocycles. The maximum absolute atomic E-state index is 12.2. The van der Waals surface area contributed by atoms with Gasteiger partial charge >= 0.3 is 5.97 Å². The van der Waals surface area contributed by atoms with Crippen molar-refractivity contribution in [2.24, 2.45) is 0 Å². The topological polar surface area (TPSA) is 97.4 Å². The molecule has 0 unspecified atom stereocenters. The number of carbonyl (C=O) groups is 2. The van der Waals surface area contributed by atoms with Gasteiger partial charge in [0, 0.05) is 24.6 Å². The highest BCUT2D eigenvalue weighted by molar-refractivity contribution is 5.97. The average Bonchev–Trinajstić information content (AvgIpc) is 2.45. The highest BCUT2D eigenvalue weighted by Crippen LogP contribution is 2.26. The summed E-state index contributed by atoms with van der Waals surface area (Å²) in [7, 11) is 0. The molecular formula is C14H21N2O4-. The van der Waals surface area contributed by atoms with Crippen molar-refractivity contribution in [3.63, 3.8) is 0 Å². The molecule has 1 rings (SSSR count). The van der Waals surface area contributed by atoms with E-state index < -0.39 is 17.5 Å². The zero-order valence-corrected chi connectivity index (χ0v) is 12.6. The van der Waals surface area contributed by atoms with Crippen LogP contribution >= 0.6 is 0 Å². The number of aliphatic carboxylic acids is 1. The molecule has 112 valence electrons. The van der Waals surface area contributed by atoms with E-state index in [9.17, 15) is 14.7 Å². The van der Waals surface area contributed by atoms with Crippen molar-refractivity contribution in [1.82, 2.24) is 4.57 Å². The lowest BCUT2D eigenvalue weighted by molar-refractivity contribution is -0.305. The normalized spacial score (nSPS) is 11.4. The van der Waals surface area contributed by atoms with Gasteiger partial charge in [-0.15, -0.1) is 0 Å². The number of rotatable bonds is 4. The van der Waals surface area contributed by atoms with Gasteiger partial charge in [0.1, 0.15) is 17.0 Å². The molecule has 20 heavy (non-hydrogen) atoms. The van der Waals surface area contributed by atoms with E-state index in [2.05, 4.69) is 0 Å². The smallest absolute Gasteiger partial charge is 0.342 e. The lowest BCUT2D eigenvalue weighted by Crippen LogP contribution is -2.25. The Morgan fingerprint density at radius 1 is 1.30 bits per heavy atom. The molecule has 6 nitrogen and oxygen atoms in total. The Kier molecular flexibility index (Phi) is 4.47. The standard InChI is InChI=1S/C14H22N2O4/c1-8-9(2)16(7-6-10(17)18)12(15)11(8)13(19)20-14(3,4)5/h6-7,15H2,1-5H3,(H,17,18)/p-1. The molecule has 0 radical (unpaired) electrons. The van der Waals surface area contributed by atoms with Crippen molar-refractivity contribution in [3.8, 4) is 0 Å². The Morgan fingerprint density at radius 2 is 1.85 bits per heavy atom. The number of carboxylic acids is 1. The van der Waals surface area contributed by atoms with Gasteiger partial charge in [-0.05, 0) is 40.2 Å². The van der Waals surface area contributed by atoms with Gasteiger partial charge in [0.2, 0.25) is 0 Å². The van der Waals surface area contributed by atoms with E-state index in [0.717, 1.165) is 5.69 Å². The molecule has 0 atom stereocenters. The van der Waals surface area contributed by atoms with Crippen LogP contribution in [0.3, 0.4) is 0 Å². The first-order valence-corrected chi connectivity index (χ1v) is 6.43. The van der Waals surface area contributed by atoms with E-state index in [1.165, 1.54) is 0 Å². The summed E-state index contributed by atoms with van der Waals surface area (Å²) in [4.78, 5) is 22.7. The summed E-state index contributed by atoms with van der Waals surface area (Å²) in [6, 6.07) is 0. The van der Waals surface area contributed by atoms with Gasteiger partial charge in [0.25, 0.3) is 0 Å². The maximum atomic E-state index is 12.2. The number of ether oxygens (including phenoxy) is 1.